The second-order valence-corrected chi connectivity index (χ2v) is 18.1. The third-order valence-electron chi connectivity index (χ3n) is 14.7. The Morgan fingerprint density at radius 1 is 0.256 bits per heavy atom. The third kappa shape index (κ3) is 20.4. The molecule has 0 aromatic heterocycles. The van der Waals surface area contributed by atoms with Crippen LogP contribution in [0.5, 0.6) is 0 Å². The fourth-order valence-corrected chi connectivity index (χ4v) is 10.1. The standard InChI is InChI=1S/2C21H14.4C6H15N.4C2H6/c1-3-7-16-14(5-1)9-11-18-19-12-10-15-6-2-4-8-17(15)21(19)13-20(16)18;1-2-7-16-13-20-18(11-15(16)6-1)12-17-10-9-14-5-3-4-8-19(14)21(17)20;4*1-4-7(5-2)6-3;4*1-2/h1-12H,13H2;1-11,13H,12H2;4*4-6H2,1-3H3;4*1-2H3. The normalized spacial score (nSPS) is 10.8. The van der Waals surface area contributed by atoms with Gasteiger partial charge in [-0.1, -0.05) is 278 Å². The van der Waals surface area contributed by atoms with Gasteiger partial charge in [0, 0.05) is 0 Å². The van der Waals surface area contributed by atoms with Crippen LogP contribution in [-0.4, -0.2) is 98.1 Å². The van der Waals surface area contributed by atoms with Crippen LogP contribution in [0.15, 0.2) is 146 Å². The zero-order chi connectivity index (χ0) is 58.4. The van der Waals surface area contributed by atoms with Crippen molar-refractivity contribution in [1.82, 2.24) is 19.6 Å². The molecular weight excluding hydrogens is 945 g/mol. The maximum atomic E-state index is 2.38. The lowest BCUT2D eigenvalue weighted by Crippen LogP contribution is -2.21. The van der Waals surface area contributed by atoms with Gasteiger partial charge in [0.25, 0.3) is 0 Å². The smallest absolute Gasteiger partial charge is 0.000112 e. The molecule has 0 unspecified atom stereocenters. The average Bonchev–Trinajstić information content (AvgIpc) is 4.14. The van der Waals surface area contributed by atoms with Crippen molar-refractivity contribution in [2.24, 2.45) is 0 Å². The molecule has 0 N–H and O–H groups in total. The Morgan fingerprint density at radius 2 is 0.538 bits per heavy atom. The highest BCUT2D eigenvalue weighted by Crippen LogP contribution is 2.44. The van der Waals surface area contributed by atoms with E-state index in [1.165, 1.54) is 166 Å². The predicted molar refractivity (Wildman–Crippen MR) is 359 cm³/mol. The van der Waals surface area contributed by atoms with E-state index in [1.54, 1.807) is 0 Å². The lowest BCUT2D eigenvalue weighted by molar-refractivity contribution is 0.321. The SMILES string of the molecule is CC.CC.CC.CC.CCN(CC)CC.CCN(CC)CC.CCN(CC)CC.CCN(CC)CC.c1ccc2c3c(ccc2c1)-c1ccc2ccccc2c1C3.c1ccc2cc3c(cc2c1)Cc1ccc2ccccc2c1-3. The molecule has 2 aliphatic rings. The first-order chi connectivity index (χ1) is 38.2. The molecule has 8 aromatic rings. The highest BCUT2D eigenvalue weighted by atomic mass is 15.1. The van der Waals surface area contributed by atoms with E-state index in [1.807, 2.05) is 55.4 Å². The quantitative estimate of drug-likeness (QED) is 0.121. The van der Waals surface area contributed by atoms with Gasteiger partial charge in [-0.05, 0) is 185 Å². The minimum atomic E-state index is 1.05. The zero-order valence-electron chi connectivity index (χ0n) is 53.5. The van der Waals surface area contributed by atoms with Crippen molar-refractivity contribution in [2.75, 3.05) is 78.5 Å². The summed E-state index contributed by atoms with van der Waals surface area (Å²) in [4.78, 5) is 9.50. The molecular formula is C74H112N4. The van der Waals surface area contributed by atoms with Crippen molar-refractivity contribution in [2.45, 2.75) is 151 Å². The van der Waals surface area contributed by atoms with Crippen LogP contribution in [0.1, 0.15) is 161 Å². The molecule has 428 valence electrons. The van der Waals surface area contributed by atoms with E-state index in [2.05, 4.69) is 248 Å². The summed E-state index contributed by atoms with van der Waals surface area (Å²) < 4.78 is 0. The third-order valence-corrected chi connectivity index (χ3v) is 14.7. The molecule has 4 heteroatoms. The summed E-state index contributed by atoms with van der Waals surface area (Å²) in [7, 11) is 0. The molecule has 0 saturated carbocycles. The Kier molecular flexibility index (Phi) is 37.7. The number of rotatable bonds is 12. The van der Waals surface area contributed by atoms with Crippen LogP contribution in [0.4, 0.5) is 0 Å². The van der Waals surface area contributed by atoms with Gasteiger partial charge in [-0.3, -0.25) is 0 Å². The van der Waals surface area contributed by atoms with E-state index in [4.69, 9.17) is 0 Å². The van der Waals surface area contributed by atoms with Crippen molar-refractivity contribution >= 4 is 43.1 Å². The summed E-state index contributed by atoms with van der Waals surface area (Å²) in [6.07, 6.45) is 2.10. The predicted octanol–water partition coefficient (Wildman–Crippen LogP) is 20.6. The molecule has 0 atom stereocenters. The van der Waals surface area contributed by atoms with E-state index in [-0.39, 0.29) is 0 Å². The van der Waals surface area contributed by atoms with Crippen LogP contribution in [0.25, 0.3) is 65.3 Å². The van der Waals surface area contributed by atoms with E-state index >= 15 is 0 Å². The zero-order valence-corrected chi connectivity index (χ0v) is 53.5. The second-order valence-electron chi connectivity index (χ2n) is 18.1. The van der Waals surface area contributed by atoms with Crippen LogP contribution in [0, 0.1) is 0 Å². The number of nitrogens with zero attached hydrogens (tertiary/aromatic N) is 4. The average molecular weight is 1060 g/mol. The van der Waals surface area contributed by atoms with Crippen molar-refractivity contribution in [3.05, 3.63) is 168 Å². The minimum Gasteiger partial charge on any atom is -0.304 e. The molecule has 0 fully saturated rings. The number of hydrogen-bond donors (Lipinski definition) is 0. The Bertz CT molecular complexity index is 2640. The van der Waals surface area contributed by atoms with Gasteiger partial charge in [0.1, 0.15) is 0 Å². The Morgan fingerprint density at radius 3 is 0.872 bits per heavy atom. The number of benzene rings is 8. The second kappa shape index (κ2) is 41.7. The van der Waals surface area contributed by atoms with Crippen LogP contribution < -0.4 is 0 Å². The van der Waals surface area contributed by atoms with Crippen molar-refractivity contribution in [1.29, 1.82) is 0 Å². The van der Waals surface area contributed by atoms with Gasteiger partial charge in [-0.2, -0.15) is 0 Å². The van der Waals surface area contributed by atoms with E-state index < -0.39 is 0 Å². The first-order valence-electron chi connectivity index (χ1n) is 31.1. The molecule has 10 rings (SSSR count). The molecule has 0 bridgehead atoms. The topological polar surface area (TPSA) is 13.0 Å². The first-order valence-corrected chi connectivity index (χ1v) is 31.1. The molecule has 78 heavy (non-hydrogen) atoms. The Hall–Kier alpha value is -5.36. The maximum Gasteiger partial charge on any atom is -0.000112 e. The molecule has 0 aliphatic heterocycles. The molecule has 8 aromatic carbocycles. The number of hydrogen-bond acceptors (Lipinski definition) is 4. The first kappa shape index (κ1) is 70.7. The van der Waals surface area contributed by atoms with Gasteiger partial charge in [-0.25, -0.2) is 0 Å². The molecule has 0 saturated heterocycles. The summed E-state index contributed by atoms with van der Waals surface area (Å²) in [6, 6.07) is 53.1. The van der Waals surface area contributed by atoms with Crippen LogP contribution >= 0.6 is 0 Å². The largest absolute Gasteiger partial charge is 0.304 e. The molecule has 0 radical (unpaired) electrons. The van der Waals surface area contributed by atoms with Gasteiger partial charge < -0.3 is 19.6 Å². The lowest BCUT2D eigenvalue weighted by atomic mass is 9.96. The lowest BCUT2D eigenvalue weighted by Gasteiger charge is -2.13. The van der Waals surface area contributed by atoms with Crippen molar-refractivity contribution in [3.8, 4) is 22.3 Å². The van der Waals surface area contributed by atoms with Crippen molar-refractivity contribution in [3.63, 3.8) is 0 Å². The van der Waals surface area contributed by atoms with E-state index in [0.717, 1.165) is 12.8 Å². The van der Waals surface area contributed by atoms with Crippen LogP contribution in [0.3, 0.4) is 0 Å². The molecule has 0 heterocycles. The molecule has 4 nitrogen and oxygen atoms in total. The molecule has 0 amide bonds. The summed E-state index contributed by atoms with van der Waals surface area (Å²) in [6.45, 7) is 56.5. The van der Waals surface area contributed by atoms with E-state index in [9.17, 15) is 0 Å². The van der Waals surface area contributed by atoms with Gasteiger partial charge in [0.05, 0.1) is 0 Å². The van der Waals surface area contributed by atoms with Gasteiger partial charge in [0.15, 0.2) is 0 Å². The van der Waals surface area contributed by atoms with Gasteiger partial charge in [0.2, 0.25) is 0 Å². The fourth-order valence-electron chi connectivity index (χ4n) is 10.1. The van der Waals surface area contributed by atoms with E-state index in [0.29, 0.717) is 0 Å². The highest BCUT2D eigenvalue weighted by molar-refractivity contribution is 6.04. The highest BCUT2D eigenvalue weighted by Gasteiger charge is 2.23. The number of fused-ring (bicyclic) bond motifs is 13. The monoisotopic (exact) mass is 1060 g/mol. The maximum absolute atomic E-state index is 2.38. The summed E-state index contributed by atoms with van der Waals surface area (Å²) in [5.74, 6) is 0. The fraction of sp³-hybridized carbons (Fsp3) is 0.459. The summed E-state index contributed by atoms with van der Waals surface area (Å²) in [5, 5.41) is 10.9. The van der Waals surface area contributed by atoms with Gasteiger partial charge >= 0.3 is 0 Å². The van der Waals surface area contributed by atoms with Crippen LogP contribution in [-0.2, 0) is 12.8 Å². The minimum absolute atomic E-state index is 1.05. The van der Waals surface area contributed by atoms with Gasteiger partial charge in [-0.15, -0.1) is 0 Å². The summed E-state index contributed by atoms with van der Waals surface area (Å²) >= 11 is 0. The Labute approximate surface area is 480 Å². The summed E-state index contributed by atoms with van der Waals surface area (Å²) in [5.41, 5.74) is 11.6. The Balaban J connectivity index is 0.000000494. The van der Waals surface area contributed by atoms with Crippen molar-refractivity contribution < 1.29 is 0 Å². The van der Waals surface area contributed by atoms with Crippen LogP contribution in [0.2, 0.25) is 0 Å². The molecule has 2 aliphatic carbocycles. The molecule has 0 spiro atoms.